The van der Waals surface area contributed by atoms with E-state index < -0.39 is 23.7 Å². The lowest BCUT2D eigenvalue weighted by atomic mass is 10.2. The molecular weight excluding hydrogens is 443 g/mol. The Bertz CT molecular complexity index is 891. The fraction of sp³-hybridized carbons (Fsp3) is 0.333. The van der Waals surface area contributed by atoms with Crippen molar-refractivity contribution in [3.63, 3.8) is 0 Å². The summed E-state index contributed by atoms with van der Waals surface area (Å²) in [5.41, 5.74) is 0.430. The number of carbonyl (C=O) groups is 4. The summed E-state index contributed by atoms with van der Waals surface area (Å²) in [5, 5.41) is 8.29. The van der Waals surface area contributed by atoms with Crippen LogP contribution < -0.4 is 4.74 Å². The van der Waals surface area contributed by atoms with Crippen LogP contribution in [-0.4, -0.2) is 64.2 Å². The second kappa shape index (κ2) is 9.06. The van der Waals surface area contributed by atoms with Crippen molar-refractivity contribution in [1.29, 1.82) is 0 Å². The van der Waals surface area contributed by atoms with E-state index in [4.69, 9.17) is 33.0 Å². The van der Waals surface area contributed by atoms with Crippen LogP contribution in [0.15, 0.2) is 17.0 Å². The molecule has 0 atom stereocenters. The number of nitrogens with zero attached hydrogens (tertiary/aromatic N) is 2. The van der Waals surface area contributed by atoms with Crippen LogP contribution in [0.1, 0.15) is 18.4 Å². The Morgan fingerprint density at radius 1 is 1.17 bits per heavy atom. The number of carbonyl (C=O) groups excluding carboxylic acids is 3. The minimum Gasteiger partial charge on any atom is -0.479 e. The summed E-state index contributed by atoms with van der Waals surface area (Å²) < 4.78 is 5.04. The highest BCUT2D eigenvalue weighted by molar-refractivity contribution is 8.18. The van der Waals surface area contributed by atoms with Gasteiger partial charge >= 0.3 is 5.97 Å². The number of thioether (sulfide) groups is 1. The van der Waals surface area contributed by atoms with Gasteiger partial charge in [0, 0.05) is 13.1 Å². The van der Waals surface area contributed by atoms with Crippen LogP contribution in [0, 0.1) is 0 Å². The Balaban J connectivity index is 1.75. The van der Waals surface area contributed by atoms with Gasteiger partial charge in [-0.15, -0.1) is 0 Å². The molecule has 11 heteroatoms. The van der Waals surface area contributed by atoms with Crippen molar-refractivity contribution in [2.24, 2.45) is 0 Å². The third-order valence-corrected chi connectivity index (χ3v) is 5.75. The number of ether oxygens (including phenoxy) is 1. The van der Waals surface area contributed by atoms with E-state index in [1.807, 2.05) is 0 Å². The highest BCUT2D eigenvalue weighted by atomic mass is 35.5. The molecule has 2 saturated heterocycles. The SMILES string of the molecule is O=C(O)COc1c(Cl)cc(/C=C2/SC(=O)N(CC(=O)N3CCCC3)C2=O)cc1Cl. The number of carboxylic acid groups (broad SMARTS) is 1. The highest BCUT2D eigenvalue weighted by Gasteiger charge is 2.37. The van der Waals surface area contributed by atoms with Gasteiger partial charge < -0.3 is 14.7 Å². The summed E-state index contributed by atoms with van der Waals surface area (Å²) in [5.74, 6) is -1.99. The predicted molar refractivity (Wildman–Crippen MR) is 108 cm³/mol. The third kappa shape index (κ3) is 5.04. The summed E-state index contributed by atoms with van der Waals surface area (Å²) in [6, 6.07) is 2.88. The van der Waals surface area contributed by atoms with Crippen molar-refractivity contribution in [2.75, 3.05) is 26.2 Å². The summed E-state index contributed by atoms with van der Waals surface area (Å²) in [7, 11) is 0. The molecule has 1 aromatic rings. The fourth-order valence-corrected chi connectivity index (χ4v) is 4.38. The van der Waals surface area contributed by atoms with E-state index in [1.165, 1.54) is 18.2 Å². The molecule has 0 saturated carbocycles. The zero-order chi connectivity index (χ0) is 21.1. The molecule has 154 valence electrons. The molecule has 8 nitrogen and oxygen atoms in total. The summed E-state index contributed by atoms with van der Waals surface area (Å²) in [4.78, 5) is 50.4. The van der Waals surface area contributed by atoms with Crippen LogP contribution in [0.25, 0.3) is 6.08 Å². The minimum atomic E-state index is -1.18. The molecule has 2 aliphatic rings. The Morgan fingerprint density at radius 3 is 2.38 bits per heavy atom. The number of amides is 3. The van der Waals surface area contributed by atoms with Gasteiger partial charge in [0.15, 0.2) is 12.4 Å². The summed E-state index contributed by atoms with van der Waals surface area (Å²) in [6.07, 6.45) is 3.27. The smallest absolute Gasteiger partial charge is 0.341 e. The first-order valence-electron chi connectivity index (χ1n) is 8.63. The van der Waals surface area contributed by atoms with Gasteiger partial charge in [-0.05, 0) is 48.4 Å². The van der Waals surface area contributed by atoms with E-state index in [9.17, 15) is 19.2 Å². The Morgan fingerprint density at radius 2 is 1.79 bits per heavy atom. The van der Waals surface area contributed by atoms with Crippen molar-refractivity contribution in [3.8, 4) is 5.75 Å². The summed E-state index contributed by atoms with van der Waals surface area (Å²) in [6.45, 7) is 0.380. The number of rotatable bonds is 6. The summed E-state index contributed by atoms with van der Waals surface area (Å²) >= 11 is 12.9. The molecule has 3 amide bonds. The molecule has 0 spiro atoms. The van der Waals surface area contributed by atoms with Gasteiger partial charge in [-0.25, -0.2) is 4.79 Å². The molecule has 0 radical (unpaired) electrons. The molecule has 0 aliphatic carbocycles. The number of carboxylic acids is 1. The number of imide groups is 1. The largest absolute Gasteiger partial charge is 0.479 e. The van der Waals surface area contributed by atoms with E-state index >= 15 is 0 Å². The van der Waals surface area contributed by atoms with E-state index in [1.54, 1.807) is 4.90 Å². The van der Waals surface area contributed by atoms with Gasteiger partial charge in [0.05, 0.1) is 15.0 Å². The van der Waals surface area contributed by atoms with Crippen molar-refractivity contribution >= 4 is 64.1 Å². The number of halogens is 2. The average Bonchev–Trinajstić information content (AvgIpc) is 3.26. The predicted octanol–water partition coefficient (Wildman–Crippen LogP) is 3.12. The lowest BCUT2D eigenvalue weighted by molar-refractivity contribution is -0.139. The maximum absolute atomic E-state index is 12.6. The number of aliphatic carboxylic acids is 1. The zero-order valence-corrected chi connectivity index (χ0v) is 17.4. The average molecular weight is 459 g/mol. The van der Waals surface area contributed by atoms with Crippen molar-refractivity contribution < 1.29 is 29.0 Å². The van der Waals surface area contributed by atoms with Crippen molar-refractivity contribution in [3.05, 3.63) is 32.6 Å². The van der Waals surface area contributed by atoms with E-state index in [2.05, 4.69) is 0 Å². The zero-order valence-electron chi connectivity index (χ0n) is 15.0. The molecule has 0 bridgehead atoms. The maximum Gasteiger partial charge on any atom is 0.341 e. The monoisotopic (exact) mass is 458 g/mol. The Labute approximate surface area is 180 Å². The molecule has 0 aromatic heterocycles. The van der Waals surface area contributed by atoms with Crippen LogP contribution >= 0.6 is 35.0 Å². The van der Waals surface area contributed by atoms with Crippen molar-refractivity contribution in [1.82, 2.24) is 9.80 Å². The van der Waals surface area contributed by atoms with Gasteiger partial charge in [-0.2, -0.15) is 0 Å². The number of likely N-dealkylation sites (tertiary alicyclic amines) is 1. The molecule has 2 heterocycles. The Hall–Kier alpha value is -2.23. The van der Waals surface area contributed by atoms with E-state index in [0.717, 1.165) is 29.5 Å². The van der Waals surface area contributed by atoms with Gasteiger partial charge in [-0.1, -0.05) is 23.2 Å². The first-order chi connectivity index (χ1) is 13.8. The number of hydrogen-bond acceptors (Lipinski definition) is 6. The molecular formula is C18H16Cl2N2O6S. The molecule has 2 fully saturated rings. The molecule has 0 unspecified atom stereocenters. The third-order valence-electron chi connectivity index (χ3n) is 4.28. The first kappa shape index (κ1) is 21.5. The maximum atomic E-state index is 12.6. The second-order valence-electron chi connectivity index (χ2n) is 6.35. The van der Waals surface area contributed by atoms with Gasteiger partial charge in [0.25, 0.3) is 11.1 Å². The van der Waals surface area contributed by atoms with Crippen molar-refractivity contribution in [2.45, 2.75) is 12.8 Å². The molecule has 1 N–H and O–H groups in total. The highest BCUT2D eigenvalue weighted by Crippen LogP contribution is 2.37. The quantitative estimate of drug-likeness (QED) is 0.652. The number of hydrogen-bond donors (Lipinski definition) is 1. The van der Waals surface area contributed by atoms with Crippen LogP contribution in [0.5, 0.6) is 5.75 Å². The minimum absolute atomic E-state index is 0.0113. The molecule has 2 aliphatic heterocycles. The van der Waals surface area contributed by atoms with Gasteiger partial charge in [0.1, 0.15) is 6.54 Å². The van der Waals surface area contributed by atoms with Gasteiger partial charge in [-0.3, -0.25) is 19.3 Å². The molecule has 29 heavy (non-hydrogen) atoms. The van der Waals surface area contributed by atoms with Gasteiger partial charge in [0.2, 0.25) is 5.91 Å². The lowest BCUT2D eigenvalue weighted by Gasteiger charge is -2.18. The fourth-order valence-electron chi connectivity index (χ4n) is 2.92. The van der Waals surface area contributed by atoms with E-state index in [0.29, 0.717) is 18.7 Å². The standard InChI is InChI=1S/C18H16Cl2N2O6S/c19-11-5-10(6-12(20)16(11)28-9-15(24)25)7-13-17(26)22(18(27)29-13)8-14(23)21-3-1-2-4-21/h5-7H,1-4,8-9H2,(H,24,25)/b13-7+. The van der Waals surface area contributed by atoms with Crippen LogP contribution in [0.3, 0.4) is 0 Å². The Kier molecular flexibility index (Phi) is 6.71. The van der Waals surface area contributed by atoms with Crippen LogP contribution in [0.4, 0.5) is 4.79 Å². The first-order valence-corrected chi connectivity index (χ1v) is 10.2. The van der Waals surface area contributed by atoms with Crippen LogP contribution in [0.2, 0.25) is 10.0 Å². The molecule has 1 aromatic carbocycles. The van der Waals surface area contributed by atoms with E-state index in [-0.39, 0.29) is 33.2 Å². The normalized spacial score (nSPS) is 18.1. The lowest BCUT2D eigenvalue weighted by Crippen LogP contribution is -2.40. The number of benzene rings is 1. The topological polar surface area (TPSA) is 104 Å². The molecule has 3 rings (SSSR count). The second-order valence-corrected chi connectivity index (χ2v) is 8.16. The van der Waals surface area contributed by atoms with Crippen LogP contribution in [-0.2, 0) is 14.4 Å².